The fourth-order valence-electron chi connectivity index (χ4n) is 1.31. The van der Waals surface area contributed by atoms with Gasteiger partial charge in [-0.25, -0.2) is 4.39 Å². The maximum absolute atomic E-state index is 13.1. The Labute approximate surface area is 92.3 Å². The van der Waals surface area contributed by atoms with Crippen LogP contribution in [0.25, 0.3) is 11.5 Å². The summed E-state index contributed by atoms with van der Waals surface area (Å²) in [6, 6.07) is 4.36. The van der Waals surface area contributed by atoms with E-state index in [9.17, 15) is 4.39 Å². The molecule has 0 saturated carbocycles. The van der Waals surface area contributed by atoms with Crippen molar-refractivity contribution in [2.75, 3.05) is 0 Å². The second kappa shape index (κ2) is 4.02. The fourth-order valence-corrected chi connectivity index (χ4v) is 1.31. The summed E-state index contributed by atoms with van der Waals surface area (Å²) >= 11 is 0. The Hall–Kier alpha value is -1.75. The lowest BCUT2D eigenvalue weighted by Gasteiger charge is -1.98. The normalized spacial score (nSPS) is 12.8. The summed E-state index contributed by atoms with van der Waals surface area (Å²) in [6.45, 7) is 3.45. The van der Waals surface area contributed by atoms with Gasteiger partial charge in [0.25, 0.3) is 5.89 Å². The molecule has 1 aromatic carbocycles. The van der Waals surface area contributed by atoms with Gasteiger partial charge in [-0.2, -0.15) is 4.98 Å². The van der Waals surface area contributed by atoms with Crippen molar-refractivity contribution < 1.29 is 8.91 Å². The average Bonchev–Trinajstić information content (AvgIpc) is 2.71. The first-order valence-corrected chi connectivity index (χ1v) is 4.93. The number of nitrogens with zero attached hydrogens (tertiary/aromatic N) is 2. The predicted molar refractivity (Wildman–Crippen MR) is 57.0 cm³/mol. The minimum atomic E-state index is -0.279. The highest BCUT2D eigenvalue weighted by Crippen LogP contribution is 2.21. The molecule has 1 unspecified atom stereocenters. The first kappa shape index (κ1) is 10.8. The van der Waals surface area contributed by atoms with Crippen LogP contribution in [-0.2, 0) is 0 Å². The Bertz CT molecular complexity index is 508. The van der Waals surface area contributed by atoms with Crippen molar-refractivity contribution in [1.82, 2.24) is 10.1 Å². The molecule has 0 radical (unpaired) electrons. The Kier molecular flexibility index (Phi) is 2.70. The van der Waals surface area contributed by atoms with Gasteiger partial charge in [-0.05, 0) is 37.6 Å². The molecule has 1 aromatic heterocycles. The third-order valence-corrected chi connectivity index (χ3v) is 2.25. The summed E-state index contributed by atoms with van der Waals surface area (Å²) in [5.41, 5.74) is 6.85. The number of nitrogens with two attached hydrogens (primary N) is 1. The van der Waals surface area contributed by atoms with Crippen molar-refractivity contribution in [1.29, 1.82) is 0 Å². The quantitative estimate of drug-likeness (QED) is 0.844. The van der Waals surface area contributed by atoms with Crippen molar-refractivity contribution in [3.63, 3.8) is 0 Å². The van der Waals surface area contributed by atoms with Crippen LogP contribution >= 0.6 is 0 Å². The van der Waals surface area contributed by atoms with Crippen molar-refractivity contribution in [3.8, 4) is 11.5 Å². The smallest absolute Gasteiger partial charge is 0.257 e. The summed E-state index contributed by atoms with van der Waals surface area (Å²) in [6.07, 6.45) is 0. The van der Waals surface area contributed by atoms with Crippen molar-refractivity contribution in [2.45, 2.75) is 19.9 Å². The van der Waals surface area contributed by atoms with Gasteiger partial charge >= 0.3 is 0 Å². The monoisotopic (exact) mass is 221 g/mol. The third-order valence-electron chi connectivity index (χ3n) is 2.25. The summed E-state index contributed by atoms with van der Waals surface area (Å²) in [4.78, 5) is 4.13. The molecule has 2 rings (SSSR count). The van der Waals surface area contributed by atoms with Crippen LogP contribution in [0, 0.1) is 12.7 Å². The van der Waals surface area contributed by atoms with E-state index in [1.165, 1.54) is 6.07 Å². The molecule has 4 nitrogen and oxygen atoms in total. The SMILES string of the molecule is Cc1cc(-c2nc(C(C)N)no2)ccc1F. The van der Waals surface area contributed by atoms with E-state index in [4.69, 9.17) is 10.3 Å². The van der Waals surface area contributed by atoms with Crippen molar-refractivity contribution in [2.24, 2.45) is 5.73 Å². The van der Waals surface area contributed by atoms with Gasteiger partial charge in [0.2, 0.25) is 0 Å². The molecule has 0 amide bonds. The number of hydrogen-bond acceptors (Lipinski definition) is 4. The molecular weight excluding hydrogens is 209 g/mol. The molecule has 0 saturated heterocycles. The van der Waals surface area contributed by atoms with Gasteiger partial charge in [0.15, 0.2) is 5.82 Å². The van der Waals surface area contributed by atoms with Gasteiger partial charge in [0.1, 0.15) is 5.82 Å². The van der Waals surface area contributed by atoms with Crippen molar-refractivity contribution >= 4 is 0 Å². The third kappa shape index (κ3) is 1.94. The molecule has 0 aliphatic heterocycles. The van der Waals surface area contributed by atoms with Crippen LogP contribution in [-0.4, -0.2) is 10.1 Å². The largest absolute Gasteiger partial charge is 0.334 e. The minimum absolute atomic E-state index is 0.254. The van der Waals surface area contributed by atoms with E-state index < -0.39 is 0 Å². The fraction of sp³-hybridized carbons (Fsp3) is 0.273. The van der Waals surface area contributed by atoms with Gasteiger partial charge in [-0.1, -0.05) is 5.16 Å². The Balaban J connectivity index is 2.39. The van der Waals surface area contributed by atoms with Crippen LogP contribution < -0.4 is 5.73 Å². The predicted octanol–water partition coefficient (Wildman–Crippen LogP) is 2.20. The van der Waals surface area contributed by atoms with E-state index in [1.807, 2.05) is 0 Å². The van der Waals surface area contributed by atoms with Crippen LogP contribution in [0.4, 0.5) is 4.39 Å². The van der Waals surface area contributed by atoms with E-state index in [0.29, 0.717) is 22.8 Å². The lowest BCUT2D eigenvalue weighted by atomic mass is 10.1. The van der Waals surface area contributed by atoms with Crippen LogP contribution in [0.2, 0.25) is 0 Å². The summed E-state index contributed by atoms with van der Waals surface area (Å²) < 4.78 is 18.1. The van der Waals surface area contributed by atoms with E-state index in [0.717, 1.165) is 0 Å². The molecule has 5 heteroatoms. The number of benzene rings is 1. The molecule has 0 fully saturated rings. The second-order valence-corrected chi connectivity index (χ2v) is 3.71. The van der Waals surface area contributed by atoms with E-state index in [2.05, 4.69) is 10.1 Å². The highest BCUT2D eigenvalue weighted by molar-refractivity contribution is 5.54. The van der Waals surface area contributed by atoms with E-state index in [-0.39, 0.29) is 11.9 Å². The van der Waals surface area contributed by atoms with Gasteiger partial charge in [-0.15, -0.1) is 0 Å². The molecule has 0 bridgehead atoms. The molecule has 2 aromatic rings. The number of rotatable bonds is 2. The molecule has 84 valence electrons. The molecule has 1 heterocycles. The molecule has 1 atom stereocenters. The Morgan fingerprint density at radius 2 is 2.19 bits per heavy atom. The highest BCUT2D eigenvalue weighted by atomic mass is 19.1. The summed E-state index contributed by atoms with van der Waals surface area (Å²) in [5.74, 6) is 0.544. The Morgan fingerprint density at radius 1 is 1.44 bits per heavy atom. The van der Waals surface area contributed by atoms with Crippen molar-refractivity contribution in [3.05, 3.63) is 35.4 Å². The van der Waals surface area contributed by atoms with Crippen LogP contribution in [0.5, 0.6) is 0 Å². The zero-order chi connectivity index (χ0) is 11.7. The first-order valence-electron chi connectivity index (χ1n) is 4.93. The Morgan fingerprint density at radius 3 is 2.75 bits per heavy atom. The van der Waals surface area contributed by atoms with Gasteiger partial charge in [0, 0.05) is 5.56 Å². The molecule has 0 aliphatic carbocycles. The molecular formula is C11H12FN3O. The number of aromatic nitrogens is 2. The van der Waals surface area contributed by atoms with Crippen LogP contribution in [0.1, 0.15) is 24.4 Å². The highest BCUT2D eigenvalue weighted by Gasteiger charge is 2.12. The molecule has 0 aliphatic rings. The zero-order valence-electron chi connectivity index (χ0n) is 9.07. The second-order valence-electron chi connectivity index (χ2n) is 3.71. The van der Waals surface area contributed by atoms with E-state index >= 15 is 0 Å². The maximum atomic E-state index is 13.1. The molecule has 16 heavy (non-hydrogen) atoms. The lowest BCUT2D eigenvalue weighted by Crippen LogP contribution is -2.06. The lowest BCUT2D eigenvalue weighted by molar-refractivity contribution is 0.418. The minimum Gasteiger partial charge on any atom is -0.334 e. The average molecular weight is 221 g/mol. The number of halogens is 1. The topological polar surface area (TPSA) is 64.9 Å². The first-order chi connectivity index (χ1) is 7.58. The van der Waals surface area contributed by atoms with Gasteiger partial charge < -0.3 is 10.3 Å². The van der Waals surface area contributed by atoms with Crippen LogP contribution in [0.3, 0.4) is 0 Å². The van der Waals surface area contributed by atoms with Gasteiger partial charge in [0.05, 0.1) is 6.04 Å². The molecule has 2 N–H and O–H groups in total. The number of aryl methyl sites for hydroxylation is 1. The van der Waals surface area contributed by atoms with E-state index in [1.54, 1.807) is 26.0 Å². The number of hydrogen-bond donors (Lipinski definition) is 1. The van der Waals surface area contributed by atoms with Gasteiger partial charge in [-0.3, -0.25) is 0 Å². The van der Waals surface area contributed by atoms with Crippen LogP contribution in [0.15, 0.2) is 22.7 Å². The standard InChI is InChI=1S/C11H12FN3O/c1-6-5-8(3-4-9(6)12)11-14-10(7(2)13)15-16-11/h3-5,7H,13H2,1-2H3. The summed E-state index contributed by atoms with van der Waals surface area (Å²) in [7, 11) is 0. The summed E-state index contributed by atoms with van der Waals surface area (Å²) in [5, 5.41) is 3.74. The molecule has 0 spiro atoms. The zero-order valence-corrected chi connectivity index (χ0v) is 9.07. The maximum Gasteiger partial charge on any atom is 0.257 e.